The average Bonchev–Trinajstić information content (AvgIpc) is 2.37. The first kappa shape index (κ1) is 16.9. The van der Waals surface area contributed by atoms with Crippen LogP contribution in [0.5, 0.6) is 5.75 Å². The van der Waals surface area contributed by atoms with Crippen LogP contribution in [0.25, 0.3) is 0 Å². The van der Waals surface area contributed by atoms with E-state index in [4.69, 9.17) is 9.47 Å². The van der Waals surface area contributed by atoms with E-state index in [9.17, 15) is 4.39 Å². The maximum Gasteiger partial charge on any atom is 0.127 e. The fraction of sp³-hybridized carbons (Fsp3) is 0.625. The van der Waals surface area contributed by atoms with Crippen molar-refractivity contribution in [2.24, 2.45) is 5.92 Å². The molecule has 20 heavy (non-hydrogen) atoms. The first-order valence-corrected chi connectivity index (χ1v) is 7.23. The molecule has 0 radical (unpaired) electrons. The molecule has 0 amide bonds. The van der Waals surface area contributed by atoms with Crippen LogP contribution in [0.4, 0.5) is 4.39 Å². The fourth-order valence-electron chi connectivity index (χ4n) is 1.85. The molecule has 0 atom stereocenters. The smallest absolute Gasteiger partial charge is 0.127 e. The lowest BCUT2D eigenvalue weighted by atomic mass is 10.2. The molecule has 0 aromatic heterocycles. The number of hydrogen-bond acceptors (Lipinski definition) is 3. The van der Waals surface area contributed by atoms with E-state index in [1.54, 1.807) is 13.2 Å². The third-order valence-electron chi connectivity index (χ3n) is 2.82. The topological polar surface area (TPSA) is 30.5 Å². The normalized spacial score (nSPS) is 11.1. The number of ether oxygens (including phenoxy) is 2. The molecule has 0 heterocycles. The molecule has 1 aromatic rings. The van der Waals surface area contributed by atoms with Crippen LogP contribution in [0.15, 0.2) is 18.2 Å². The largest absolute Gasteiger partial charge is 0.493 e. The van der Waals surface area contributed by atoms with Gasteiger partial charge in [-0.3, -0.25) is 0 Å². The molecule has 3 nitrogen and oxygen atoms in total. The maximum atomic E-state index is 13.5. The van der Waals surface area contributed by atoms with E-state index >= 15 is 0 Å². The van der Waals surface area contributed by atoms with Gasteiger partial charge in [-0.15, -0.1) is 0 Å². The molecule has 0 spiro atoms. The molecule has 0 fully saturated rings. The molecule has 0 unspecified atom stereocenters. The lowest BCUT2D eigenvalue weighted by Crippen LogP contribution is -2.19. The number of methoxy groups -OCH3 is 1. The Bertz CT molecular complexity index is 383. The van der Waals surface area contributed by atoms with E-state index in [-0.39, 0.29) is 5.82 Å². The minimum Gasteiger partial charge on any atom is -0.493 e. The molecule has 0 aliphatic heterocycles. The molecule has 0 aliphatic carbocycles. The monoisotopic (exact) mass is 283 g/mol. The molecule has 0 aliphatic rings. The Morgan fingerprint density at radius 1 is 1.15 bits per heavy atom. The molecule has 1 aromatic carbocycles. The fourth-order valence-corrected chi connectivity index (χ4v) is 1.85. The molecular formula is C16H26FNO2. The Labute approximate surface area is 121 Å². The second kappa shape index (κ2) is 9.72. The lowest BCUT2D eigenvalue weighted by molar-refractivity contribution is 0.184. The molecule has 114 valence electrons. The predicted octanol–water partition coefficient (Wildman–Crippen LogP) is 3.38. The Morgan fingerprint density at radius 3 is 2.60 bits per heavy atom. The van der Waals surface area contributed by atoms with E-state index < -0.39 is 0 Å². The highest BCUT2D eigenvalue weighted by atomic mass is 19.1. The predicted molar refractivity (Wildman–Crippen MR) is 79.5 cm³/mol. The van der Waals surface area contributed by atoms with Crippen LogP contribution in [-0.2, 0) is 11.3 Å². The molecule has 0 saturated carbocycles. The van der Waals surface area contributed by atoms with Crippen molar-refractivity contribution < 1.29 is 13.9 Å². The van der Waals surface area contributed by atoms with Gasteiger partial charge in [-0.2, -0.15) is 0 Å². The van der Waals surface area contributed by atoms with Gasteiger partial charge in [0.2, 0.25) is 0 Å². The number of nitrogens with one attached hydrogen (secondary N) is 1. The second-order valence-corrected chi connectivity index (χ2v) is 5.37. The molecule has 1 N–H and O–H groups in total. The minimum atomic E-state index is -0.249. The van der Waals surface area contributed by atoms with Gasteiger partial charge in [-0.1, -0.05) is 13.8 Å². The van der Waals surface area contributed by atoms with E-state index in [0.717, 1.165) is 31.6 Å². The van der Waals surface area contributed by atoms with Crippen LogP contribution in [0.2, 0.25) is 0 Å². The highest BCUT2D eigenvalue weighted by Gasteiger charge is 2.03. The van der Waals surface area contributed by atoms with Crippen LogP contribution in [-0.4, -0.2) is 26.9 Å². The summed E-state index contributed by atoms with van der Waals surface area (Å²) < 4.78 is 24.1. The SMILES string of the molecule is COCCCCOc1cc(F)cc(CNCC(C)C)c1. The van der Waals surface area contributed by atoms with Gasteiger partial charge in [0.15, 0.2) is 0 Å². The third kappa shape index (κ3) is 7.46. The number of rotatable bonds is 10. The van der Waals surface area contributed by atoms with Crippen molar-refractivity contribution in [1.82, 2.24) is 5.32 Å². The van der Waals surface area contributed by atoms with E-state index in [1.807, 2.05) is 6.07 Å². The zero-order chi connectivity index (χ0) is 14.8. The van der Waals surface area contributed by atoms with Crippen LogP contribution < -0.4 is 10.1 Å². The Hall–Kier alpha value is -1.13. The van der Waals surface area contributed by atoms with Crippen molar-refractivity contribution in [2.75, 3.05) is 26.9 Å². The highest BCUT2D eigenvalue weighted by Crippen LogP contribution is 2.17. The first-order chi connectivity index (χ1) is 9.61. The quantitative estimate of drug-likeness (QED) is 0.668. The zero-order valence-electron chi connectivity index (χ0n) is 12.7. The van der Waals surface area contributed by atoms with Gasteiger partial charge >= 0.3 is 0 Å². The van der Waals surface area contributed by atoms with Crippen LogP contribution in [0.1, 0.15) is 32.3 Å². The van der Waals surface area contributed by atoms with Crippen LogP contribution >= 0.6 is 0 Å². The third-order valence-corrected chi connectivity index (χ3v) is 2.82. The summed E-state index contributed by atoms with van der Waals surface area (Å²) in [5.41, 5.74) is 0.914. The number of halogens is 1. The van der Waals surface area contributed by atoms with Gasteiger partial charge in [-0.25, -0.2) is 4.39 Å². The summed E-state index contributed by atoms with van der Waals surface area (Å²) >= 11 is 0. The van der Waals surface area contributed by atoms with Crippen molar-refractivity contribution in [2.45, 2.75) is 33.2 Å². The molecule has 1 rings (SSSR count). The summed E-state index contributed by atoms with van der Waals surface area (Å²) in [7, 11) is 1.68. The van der Waals surface area contributed by atoms with Crippen molar-refractivity contribution in [3.8, 4) is 5.75 Å². The van der Waals surface area contributed by atoms with Crippen molar-refractivity contribution >= 4 is 0 Å². The van der Waals surface area contributed by atoms with Gasteiger partial charge in [-0.05, 0) is 43.0 Å². The van der Waals surface area contributed by atoms with Crippen molar-refractivity contribution in [3.05, 3.63) is 29.6 Å². The summed E-state index contributed by atoms with van der Waals surface area (Å²) in [4.78, 5) is 0. The molecule has 0 saturated heterocycles. The first-order valence-electron chi connectivity index (χ1n) is 7.23. The van der Waals surface area contributed by atoms with Gasteiger partial charge < -0.3 is 14.8 Å². The number of hydrogen-bond donors (Lipinski definition) is 1. The average molecular weight is 283 g/mol. The van der Waals surface area contributed by atoms with E-state index in [1.165, 1.54) is 6.07 Å². The molecular weight excluding hydrogens is 257 g/mol. The summed E-state index contributed by atoms with van der Waals surface area (Å²) in [6, 6.07) is 4.88. The summed E-state index contributed by atoms with van der Waals surface area (Å²) in [6.45, 7) is 7.20. The Morgan fingerprint density at radius 2 is 1.90 bits per heavy atom. The van der Waals surface area contributed by atoms with E-state index in [0.29, 0.717) is 24.8 Å². The van der Waals surface area contributed by atoms with Crippen molar-refractivity contribution in [3.63, 3.8) is 0 Å². The Balaban J connectivity index is 2.40. The zero-order valence-corrected chi connectivity index (χ0v) is 12.7. The van der Waals surface area contributed by atoms with Gasteiger partial charge in [0.25, 0.3) is 0 Å². The molecule has 4 heteroatoms. The minimum absolute atomic E-state index is 0.249. The van der Waals surface area contributed by atoms with Gasteiger partial charge in [0.1, 0.15) is 11.6 Å². The van der Waals surface area contributed by atoms with Gasteiger partial charge in [0, 0.05) is 26.3 Å². The van der Waals surface area contributed by atoms with Crippen LogP contribution in [0.3, 0.4) is 0 Å². The number of unbranched alkanes of at least 4 members (excludes halogenated alkanes) is 1. The number of benzene rings is 1. The maximum absolute atomic E-state index is 13.5. The van der Waals surface area contributed by atoms with Gasteiger partial charge in [0.05, 0.1) is 6.61 Å². The summed E-state index contributed by atoms with van der Waals surface area (Å²) in [5.74, 6) is 0.935. The standard InChI is InChI=1S/C16H26FNO2/c1-13(2)11-18-12-14-8-15(17)10-16(9-14)20-7-5-4-6-19-3/h8-10,13,18H,4-7,11-12H2,1-3H3. The summed E-state index contributed by atoms with van der Waals surface area (Å²) in [5, 5.41) is 3.30. The Kier molecular flexibility index (Phi) is 8.23. The van der Waals surface area contributed by atoms with Crippen LogP contribution in [0, 0.1) is 11.7 Å². The lowest BCUT2D eigenvalue weighted by Gasteiger charge is -2.10. The van der Waals surface area contributed by atoms with Crippen molar-refractivity contribution in [1.29, 1.82) is 0 Å². The summed E-state index contributed by atoms with van der Waals surface area (Å²) in [6.07, 6.45) is 1.86. The molecule has 0 bridgehead atoms. The second-order valence-electron chi connectivity index (χ2n) is 5.37. The highest BCUT2D eigenvalue weighted by molar-refractivity contribution is 5.29. The van der Waals surface area contributed by atoms with E-state index in [2.05, 4.69) is 19.2 Å².